The molecule has 0 aliphatic carbocycles. The van der Waals surface area contributed by atoms with E-state index in [1.807, 2.05) is 6.07 Å². The molecule has 2 N–H and O–H groups in total. The van der Waals surface area contributed by atoms with E-state index in [1.165, 1.54) is 38.4 Å². The van der Waals surface area contributed by atoms with Crippen LogP contribution in [0.1, 0.15) is 5.56 Å². The molecular formula is C21H19FN4O4S. The number of hydrogen-bond acceptors (Lipinski definition) is 6. The van der Waals surface area contributed by atoms with Gasteiger partial charge in [0.2, 0.25) is 11.8 Å². The van der Waals surface area contributed by atoms with E-state index < -0.39 is 22.9 Å². The van der Waals surface area contributed by atoms with Crippen LogP contribution in [0.4, 0.5) is 15.8 Å². The number of amides is 1. The summed E-state index contributed by atoms with van der Waals surface area (Å²) in [5, 5.41) is 13.2. The van der Waals surface area contributed by atoms with Crippen LogP contribution in [-0.2, 0) is 18.9 Å². The maximum Gasteiger partial charge on any atom is 0.333 e. The van der Waals surface area contributed by atoms with E-state index in [-0.39, 0.29) is 22.3 Å². The van der Waals surface area contributed by atoms with Gasteiger partial charge in [0.05, 0.1) is 11.4 Å². The second kappa shape index (κ2) is 9.43. The van der Waals surface area contributed by atoms with Gasteiger partial charge in [0.1, 0.15) is 16.4 Å². The van der Waals surface area contributed by atoms with Crippen LogP contribution in [0.3, 0.4) is 0 Å². The first-order chi connectivity index (χ1) is 14.8. The molecule has 0 fully saturated rings. The van der Waals surface area contributed by atoms with Gasteiger partial charge in [0, 0.05) is 19.8 Å². The van der Waals surface area contributed by atoms with E-state index >= 15 is 0 Å². The van der Waals surface area contributed by atoms with Crippen LogP contribution < -0.4 is 16.6 Å². The van der Waals surface area contributed by atoms with Gasteiger partial charge in [-0.25, -0.2) is 14.2 Å². The Balaban J connectivity index is 1.99. The van der Waals surface area contributed by atoms with Crippen LogP contribution in [0.5, 0.6) is 5.88 Å². The smallest absolute Gasteiger partial charge is 0.333 e. The Morgan fingerprint density at radius 1 is 1.06 bits per heavy atom. The number of rotatable bonds is 5. The molecule has 3 rings (SSSR count). The van der Waals surface area contributed by atoms with Crippen molar-refractivity contribution in [2.45, 2.75) is 0 Å². The van der Waals surface area contributed by atoms with E-state index in [2.05, 4.69) is 10.3 Å². The van der Waals surface area contributed by atoms with Crippen molar-refractivity contribution in [3.63, 3.8) is 0 Å². The fourth-order valence-electron chi connectivity index (χ4n) is 2.67. The predicted octanol–water partition coefficient (Wildman–Crippen LogP) is 2.38. The fourth-order valence-corrected chi connectivity index (χ4v) is 3.50. The van der Waals surface area contributed by atoms with Gasteiger partial charge in [-0.2, -0.15) is 0 Å². The quantitative estimate of drug-likeness (QED) is 0.466. The third kappa shape index (κ3) is 5.10. The Labute approximate surface area is 180 Å². The average Bonchev–Trinajstić information content (AvgIpc) is 2.77. The number of halogens is 1. The van der Waals surface area contributed by atoms with Gasteiger partial charge in [-0.15, -0.1) is 0 Å². The van der Waals surface area contributed by atoms with Crippen molar-refractivity contribution in [2.75, 3.05) is 11.1 Å². The second-order valence-electron chi connectivity index (χ2n) is 6.50. The first-order valence-corrected chi connectivity index (χ1v) is 10.1. The number of aromatic hydroxyl groups is 1. The summed E-state index contributed by atoms with van der Waals surface area (Å²) < 4.78 is 15.0. The maximum atomic E-state index is 13.2. The molecule has 2 aromatic carbocycles. The molecule has 0 unspecified atom stereocenters. The number of nitrogens with one attached hydrogen (secondary N) is 1. The van der Waals surface area contributed by atoms with Gasteiger partial charge in [-0.1, -0.05) is 30.0 Å². The zero-order valence-electron chi connectivity index (χ0n) is 16.7. The Hall–Kier alpha value is -3.66. The third-order valence-electron chi connectivity index (χ3n) is 4.30. The molecule has 0 saturated carbocycles. The highest BCUT2D eigenvalue weighted by atomic mass is 32.2. The van der Waals surface area contributed by atoms with Crippen LogP contribution in [-0.4, -0.2) is 30.9 Å². The molecule has 0 aliphatic heterocycles. The molecule has 10 heteroatoms. The van der Waals surface area contributed by atoms with E-state index in [0.29, 0.717) is 11.4 Å². The van der Waals surface area contributed by atoms with Crippen molar-refractivity contribution in [3.05, 3.63) is 86.8 Å². The summed E-state index contributed by atoms with van der Waals surface area (Å²) in [6.45, 7) is 0. The van der Waals surface area contributed by atoms with Crippen molar-refractivity contribution >= 4 is 34.1 Å². The molecule has 1 heterocycles. The molecule has 0 saturated heterocycles. The van der Waals surface area contributed by atoms with Crippen LogP contribution in [0, 0.1) is 5.82 Å². The van der Waals surface area contributed by atoms with Crippen LogP contribution in [0.15, 0.2) is 69.2 Å². The standard InChI is InChI=1S/C21H19FN4O4S/c1-25-19(28)17(20(29)26(2)21(25)30)18(24-15-10-8-13(22)9-11-15)31-12-16(27)23-14-6-4-3-5-7-14/h3-11,28H,12H2,1-2H3,(H,23,27). The van der Waals surface area contributed by atoms with Gasteiger partial charge >= 0.3 is 5.69 Å². The van der Waals surface area contributed by atoms with Gasteiger partial charge in [-0.3, -0.25) is 18.7 Å². The van der Waals surface area contributed by atoms with Crippen molar-refractivity contribution in [2.24, 2.45) is 19.1 Å². The van der Waals surface area contributed by atoms with Crippen LogP contribution in [0.25, 0.3) is 0 Å². The number of hydrogen-bond donors (Lipinski definition) is 2. The molecule has 31 heavy (non-hydrogen) atoms. The van der Waals surface area contributed by atoms with E-state index in [1.54, 1.807) is 24.3 Å². The third-order valence-corrected chi connectivity index (χ3v) is 5.28. The molecule has 8 nitrogen and oxygen atoms in total. The van der Waals surface area contributed by atoms with E-state index in [9.17, 15) is 23.9 Å². The number of para-hydroxylation sites is 1. The van der Waals surface area contributed by atoms with Gasteiger partial charge < -0.3 is 10.4 Å². The number of aromatic nitrogens is 2. The number of carbonyl (C=O) groups is 1. The Bertz CT molecular complexity index is 1250. The normalized spacial score (nSPS) is 11.4. The van der Waals surface area contributed by atoms with Gasteiger partial charge in [-0.05, 0) is 36.4 Å². The lowest BCUT2D eigenvalue weighted by atomic mass is 10.3. The zero-order valence-corrected chi connectivity index (χ0v) is 17.5. The highest BCUT2D eigenvalue weighted by Gasteiger charge is 2.21. The lowest BCUT2D eigenvalue weighted by Crippen LogP contribution is -2.39. The minimum Gasteiger partial charge on any atom is -0.494 e. The first-order valence-electron chi connectivity index (χ1n) is 9.09. The lowest BCUT2D eigenvalue weighted by molar-refractivity contribution is -0.113. The monoisotopic (exact) mass is 442 g/mol. The van der Waals surface area contributed by atoms with Crippen molar-refractivity contribution < 1.29 is 14.3 Å². The molecule has 160 valence electrons. The molecule has 0 atom stereocenters. The van der Waals surface area contributed by atoms with Crippen LogP contribution in [0.2, 0.25) is 0 Å². The minimum absolute atomic E-state index is 0.0171. The average molecular weight is 442 g/mol. The Morgan fingerprint density at radius 2 is 1.71 bits per heavy atom. The van der Waals surface area contributed by atoms with Crippen molar-refractivity contribution in [1.29, 1.82) is 0 Å². The fraction of sp³-hybridized carbons (Fsp3) is 0.143. The minimum atomic E-state index is -0.766. The molecule has 0 bridgehead atoms. The summed E-state index contributed by atoms with van der Waals surface area (Å²) in [4.78, 5) is 41.5. The number of benzene rings is 2. The highest BCUT2D eigenvalue weighted by Crippen LogP contribution is 2.23. The van der Waals surface area contributed by atoms with Crippen molar-refractivity contribution in [1.82, 2.24) is 9.13 Å². The zero-order chi connectivity index (χ0) is 22.5. The van der Waals surface area contributed by atoms with Gasteiger partial charge in [0.15, 0.2) is 0 Å². The Kier molecular flexibility index (Phi) is 6.71. The van der Waals surface area contributed by atoms with Crippen LogP contribution >= 0.6 is 11.8 Å². The molecular weight excluding hydrogens is 423 g/mol. The largest absolute Gasteiger partial charge is 0.494 e. The number of carbonyl (C=O) groups excluding carboxylic acids is 1. The highest BCUT2D eigenvalue weighted by molar-refractivity contribution is 8.15. The summed E-state index contributed by atoms with van der Waals surface area (Å²) in [5.74, 6) is -1.52. The first kappa shape index (κ1) is 22.0. The van der Waals surface area contributed by atoms with E-state index in [4.69, 9.17) is 0 Å². The number of thioether (sulfide) groups is 1. The second-order valence-corrected chi connectivity index (χ2v) is 7.46. The van der Waals surface area contributed by atoms with Gasteiger partial charge in [0.25, 0.3) is 5.56 Å². The molecule has 0 spiro atoms. The maximum absolute atomic E-state index is 13.2. The number of anilines is 1. The summed E-state index contributed by atoms with van der Waals surface area (Å²) >= 11 is 0.908. The molecule has 1 amide bonds. The summed E-state index contributed by atoms with van der Waals surface area (Å²) in [7, 11) is 2.58. The topological polar surface area (TPSA) is 106 Å². The van der Waals surface area contributed by atoms with E-state index in [0.717, 1.165) is 20.9 Å². The lowest BCUT2D eigenvalue weighted by Gasteiger charge is -2.12. The molecule has 3 aromatic rings. The predicted molar refractivity (Wildman–Crippen MR) is 119 cm³/mol. The SMILES string of the molecule is Cn1c(O)c(C(=Nc2ccc(F)cc2)SCC(=O)Nc2ccccc2)c(=O)n(C)c1=O. The molecule has 1 aromatic heterocycles. The Morgan fingerprint density at radius 3 is 2.35 bits per heavy atom. The molecule has 0 radical (unpaired) electrons. The molecule has 0 aliphatic rings. The summed E-state index contributed by atoms with van der Waals surface area (Å²) in [5.41, 5.74) is -0.795. The number of nitrogens with zero attached hydrogens (tertiary/aromatic N) is 3. The number of aliphatic imine (C=N–C) groups is 1. The summed E-state index contributed by atoms with van der Waals surface area (Å²) in [6.07, 6.45) is 0. The van der Waals surface area contributed by atoms with Crippen molar-refractivity contribution in [3.8, 4) is 5.88 Å². The summed E-state index contributed by atoms with van der Waals surface area (Å²) in [6, 6.07) is 14.0.